The minimum absolute atomic E-state index is 0.112. The Kier molecular flexibility index (Phi) is 6.00. The maximum Gasteiger partial charge on any atom is 0.242 e. The molecule has 1 unspecified atom stereocenters. The van der Waals surface area contributed by atoms with Crippen LogP contribution in [0.2, 0.25) is 0 Å². The highest BCUT2D eigenvalue weighted by Crippen LogP contribution is 2.33. The number of carbonyl (C=O) groups excluding carboxylic acids is 2. The number of rotatable bonds is 5. The molecule has 2 amide bonds. The lowest BCUT2D eigenvalue weighted by molar-refractivity contribution is -0.139. The number of amides is 2. The summed E-state index contributed by atoms with van der Waals surface area (Å²) in [7, 11) is 0. The summed E-state index contributed by atoms with van der Waals surface area (Å²) in [5.74, 6) is 1.92. The molecule has 8 nitrogen and oxygen atoms in total. The van der Waals surface area contributed by atoms with Crippen molar-refractivity contribution in [3.05, 3.63) is 23.8 Å². The summed E-state index contributed by atoms with van der Waals surface area (Å²) >= 11 is 0. The maximum absolute atomic E-state index is 12.8. The van der Waals surface area contributed by atoms with Gasteiger partial charge in [-0.15, -0.1) is 0 Å². The molecule has 8 heteroatoms. The second kappa shape index (κ2) is 9.04. The van der Waals surface area contributed by atoms with E-state index < -0.39 is 0 Å². The van der Waals surface area contributed by atoms with E-state index >= 15 is 0 Å². The van der Waals surface area contributed by atoms with E-state index in [4.69, 9.17) is 9.47 Å². The van der Waals surface area contributed by atoms with Gasteiger partial charge in [-0.2, -0.15) is 0 Å². The van der Waals surface area contributed by atoms with E-state index in [2.05, 4.69) is 21.9 Å². The van der Waals surface area contributed by atoms with Gasteiger partial charge < -0.3 is 19.3 Å². The molecule has 4 aliphatic rings. The summed E-state index contributed by atoms with van der Waals surface area (Å²) in [6, 6.07) is 6.64. The van der Waals surface area contributed by atoms with Gasteiger partial charge in [0.05, 0.1) is 6.54 Å². The summed E-state index contributed by atoms with van der Waals surface area (Å²) in [4.78, 5) is 33.3. The summed E-state index contributed by atoms with van der Waals surface area (Å²) in [6.07, 6.45) is 3.66. The number of hydrogen-bond donors (Lipinski definition) is 0. The lowest BCUT2D eigenvalue weighted by Crippen LogP contribution is -2.56. The molecule has 0 aromatic heterocycles. The number of piperidine rings is 1. The average Bonchev–Trinajstić information content (AvgIpc) is 3.43. The van der Waals surface area contributed by atoms with Gasteiger partial charge in [0.25, 0.3) is 0 Å². The number of carbonyl (C=O) groups is 2. The SMILES string of the molecule is O=C1CCCN1CC(=O)N1CCCC(N2CCN(Cc3ccc4c(c3)OCO4)CC2)C1. The fourth-order valence-electron chi connectivity index (χ4n) is 5.20. The van der Waals surface area contributed by atoms with Crippen LogP contribution in [0.15, 0.2) is 18.2 Å². The van der Waals surface area contributed by atoms with Gasteiger partial charge in [0.1, 0.15) is 0 Å². The Bertz CT molecular complexity index is 824. The predicted octanol–water partition coefficient (Wildman–Crippen LogP) is 1.15. The van der Waals surface area contributed by atoms with E-state index in [-0.39, 0.29) is 18.4 Å². The normalized spacial score (nSPS) is 24.8. The first-order chi connectivity index (χ1) is 15.2. The molecule has 3 saturated heterocycles. The molecule has 0 spiro atoms. The number of benzene rings is 1. The Hall–Kier alpha value is -2.32. The van der Waals surface area contributed by atoms with Crippen molar-refractivity contribution in [3.63, 3.8) is 0 Å². The molecule has 0 saturated carbocycles. The second-order valence-electron chi connectivity index (χ2n) is 9.05. The Morgan fingerprint density at radius 3 is 2.65 bits per heavy atom. The molecular formula is C23H32N4O4. The fourth-order valence-corrected chi connectivity index (χ4v) is 5.20. The van der Waals surface area contributed by atoms with Gasteiger partial charge in [0, 0.05) is 64.8 Å². The van der Waals surface area contributed by atoms with Gasteiger partial charge in [-0.05, 0) is 37.0 Å². The third-order valence-corrected chi connectivity index (χ3v) is 7.01. The Balaban J connectivity index is 1.10. The molecule has 0 radical (unpaired) electrons. The van der Waals surface area contributed by atoms with E-state index in [1.54, 1.807) is 4.90 Å². The van der Waals surface area contributed by atoms with Crippen LogP contribution < -0.4 is 9.47 Å². The van der Waals surface area contributed by atoms with Crippen molar-refractivity contribution in [2.24, 2.45) is 0 Å². The molecule has 0 aliphatic carbocycles. The summed E-state index contributed by atoms with van der Waals surface area (Å²) in [5.41, 5.74) is 1.25. The van der Waals surface area contributed by atoms with Crippen LogP contribution in [0.1, 0.15) is 31.2 Å². The van der Waals surface area contributed by atoms with Gasteiger partial charge in [-0.1, -0.05) is 6.07 Å². The predicted molar refractivity (Wildman–Crippen MR) is 115 cm³/mol. The van der Waals surface area contributed by atoms with Crippen LogP contribution in [0.25, 0.3) is 0 Å². The summed E-state index contributed by atoms with van der Waals surface area (Å²) < 4.78 is 10.9. The zero-order valence-electron chi connectivity index (χ0n) is 18.1. The highest BCUT2D eigenvalue weighted by atomic mass is 16.7. The van der Waals surface area contributed by atoms with Crippen LogP contribution >= 0.6 is 0 Å². The molecule has 3 fully saturated rings. The van der Waals surface area contributed by atoms with Crippen molar-refractivity contribution in [1.82, 2.24) is 19.6 Å². The Morgan fingerprint density at radius 1 is 1.00 bits per heavy atom. The fraction of sp³-hybridized carbons (Fsp3) is 0.652. The number of fused-ring (bicyclic) bond motifs is 1. The standard InChI is InChI=1S/C23H32N4O4/c28-22-4-2-8-27(22)16-23(29)26-7-1-3-19(15-26)25-11-9-24(10-12-25)14-18-5-6-20-21(13-18)31-17-30-20/h5-6,13,19H,1-4,7-12,14-17H2. The van der Waals surface area contributed by atoms with Gasteiger partial charge in [0.2, 0.25) is 18.6 Å². The maximum atomic E-state index is 12.8. The quantitative estimate of drug-likeness (QED) is 0.701. The van der Waals surface area contributed by atoms with Gasteiger partial charge >= 0.3 is 0 Å². The van der Waals surface area contributed by atoms with E-state index in [1.165, 1.54) is 5.56 Å². The number of likely N-dealkylation sites (tertiary alicyclic amines) is 2. The lowest BCUT2D eigenvalue weighted by Gasteiger charge is -2.43. The van der Waals surface area contributed by atoms with Crippen molar-refractivity contribution in [3.8, 4) is 11.5 Å². The van der Waals surface area contributed by atoms with Crippen molar-refractivity contribution >= 4 is 11.8 Å². The first-order valence-corrected chi connectivity index (χ1v) is 11.6. The smallest absolute Gasteiger partial charge is 0.242 e. The highest BCUT2D eigenvalue weighted by Gasteiger charge is 2.31. The van der Waals surface area contributed by atoms with Crippen LogP contribution in [-0.2, 0) is 16.1 Å². The molecule has 0 N–H and O–H groups in total. The molecule has 168 valence electrons. The molecule has 1 aromatic rings. The molecule has 5 rings (SSSR count). The third kappa shape index (κ3) is 4.65. The second-order valence-corrected chi connectivity index (χ2v) is 9.05. The van der Waals surface area contributed by atoms with Crippen molar-refractivity contribution in [1.29, 1.82) is 0 Å². The minimum atomic E-state index is 0.112. The Morgan fingerprint density at radius 2 is 1.84 bits per heavy atom. The van der Waals surface area contributed by atoms with Crippen molar-refractivity contribution in [2.75, 3.05) is 59.2 Å². The zero-order chi connectivity index (χ0) is 21.2. The molecule has 4 aliphatic heterocycles. The van der Waals surface area contributed by atoms with Crippen LogP contribution in [0, 0.1) is 0 Å². The number of ether oxygens (including phenoxy) is 2. The van der Waals surface area contributed by atoms with Gasteiger partial charge in [-0.25, -0.2) is 0 Å². The van der Waals surface area contributed by atoms with Crippen molar-refractivity contribution in [2.45, 2.75) is 38.3 Å². The topological polar surface area (TPSA) is 65.6 Å². The zero-order valence-corrected chi connectivity index (χ0v) is 18.1. The third-order valence-electron chi connectivity index (χ3n) is 7.01. The minimum Gasteiger partial charge on any atom is -0.454 e. The number of nitrogens with zero attached hydrogens (tertiary/aromatic N) is 4. The molecule has 31 heavy (non-hydrogen) atoms. The van der Waals surface area contributed by atoms with Crippen LogP contribution in [-0.4, -0.2) is 96.6 Å². The van der Waals surface area contributed by atoms with Crippen molar-refractivity contribution < 1.29 is 19.1 Å². The molecule has 4 heterocycles. The molecule has 0 bridgehead atoms. The largest absolute Gasteiger partial charge is 0.454 e. The lowest BCUT2D eigenvalue weighted by atomic mass is 10.0. The molecular weight excluding hydrogens is 396 g/mol. The van der Waals surface area contributed by atoms with Gasteiger partial charge in [-0.3, -0.25) is 19.4 Å². The molecule has 1 aromatic carbocycles. The average molecular weight is 429 g/mol. The summed E-state index contributed by atoms with van der Waals surface area (Å²) in [6.45, 7) is 7.95. The number of piperazine rings is 1. The highest BCUT2D eigenvalue weighted by molar-refractivity contribution is 5.86. The van der Waals surface area contributed by atoms with Crippen LogP contribution in [0.4, 0.5) is 0 Å². The first-order valence-electron chi connectivity index (χ1n) is 11.6. The van der Waals surface area contributed by atoms with Crippen LogP contribution in [0.3, 0.4) is 0 Å². The van der Waals surface area contributed by atoms with E-state index in [1.807, 2.05) is 11.0 Å². The Labute approximate surface area is 183 Å². The van der Waals surface area contributed by atoms with Gasteiger partial charge in [0.15, 0.2) is 11.5 Å². The summed E-state index contributed by atoms with van der Waals surface area (Å²) in [5, 5.41) is 0. The van der Waals surface area contributed by atoms with E-state index in [0.717, 1.165) is 83.1 Å². The van der Waals surface area contributed by atoms with Crippen LogP contribution in [0.5, 0.6) is 11.5 Å². The monoisotopic (exact) mass is 428 g/mol. The first kappa shape index (κ1) is 20.6. The van der Waals surface area contributed by atoms with E-state index in [0.29, 0.717) is 19.3 Å². The molecule has 1 atom stereocenters. The number of hydrogen-bond acceptors (Lipinski definition) is 6. The van der Waals surface area contributed by atoms with E-state index in [9.17, 15) is 9.59 Å².